The topological polar surface area (TPSA) is 132 Å². The molecule has 0 bridgehead atoms. The summed E-state index contributed by atoms with van der Waals surface area (Å²) in [6.07, 6.45) is 0.908. The number of hydrogen-bond acceptors (Lipinski definition) is 6. The van der Waals surface area contributed by atoms with Gasteiger partial charge in [0.2, 0.25) is 15.9 Å². The van der Waals surface area contributed by atoms with E-state index in [-0.39, 0.29) is 43.5 Å². The highest BCUT2D eigenvalue weighted by Crippen LogP contribution is 2.32. The summed E-state index contributed by atoms with van der Waals surface area (Å²) in [6, 6.07) is 14.5. The van der Waals surface area contributed by atoms with Gasteiger partial charge in [0.05, 0.1) is 17.4 Å². The number of rotatable bonds is 6. The highest BCUT2D eigenvalue weighted by atomic mass is 32.2. The minimum Gasteiger partial charge on any atom is -0.326 e. The van der Waals surface area contributed by atoms with Crippen molar-refractivity contribution < 1.29 is 18.0 Å². The number of amidine groups is 1. The molecule has 9 nitrogen and oxygen atoms in total. The molecule has 0 aliphatic carbocycles. The number of carbonyl (C=O) groups excluding carboxylic acids is 2. The molecule has 2 aliphatic heterocycles. The molecule has 2 aromatic rings. The van der Waals surface area contributed by atoms with Gasteiger partial charge in [0.1, 0.15) is 11.4 Å². The Kier molecular flexibility index (Phi) is 6.74. The Bertz CT molecular complexity index is 1350. The standard InChI is InChI=1S/C25H27N5O4S/c1-17-15-21(27-18(2)31)8-7-19(17)9-14-35(33,34)30-12-10-25(11-13-30)24(32)28-23(29-25)22-6-4-3-5-20(22)16-26/h3-8,15H,9-14H2,1-2H3,(H,27,31)(H,28,29,32). The number of nitrogens with zero attached hydrogens (tertiary/aromatic N) is 3. The van der Waals surface area contributed by atoms with Gasteiger partial charge in [0, 0.05) is 31.3 Å². The Balaban J connectivity index is 1.42. The third kappa shape index (κ3) is 5.11. The van der Waals surface area contributed by atoms with E-state index in [0.717, 1.165) is 11.1 Å². The van der Waals surface area contributed by atoms with Crippen LogP contribution in [0.3, 0.4) is 0 Å². The van der Waals surface area contributed by atoms with Crippen LogP contribution in [0.15, 0.2) is 47.5 Å². The molecule has 0 unspecified atom stereocenters. The first kappa shape index (κ1) is 24.6. The van der Waals surface area contributed by atoms with Crippen molar-refractivity contribution in [1.29, 1.82) is 5.26 Å². The van der Waals surface area contributed by atoms with E-state index in [1.54, 1.807) is 30.3 Å². The Hall–Kier alpha value is -3.55. The lowest BCUT2D eigenvalue weighted by molar-refractivity contribution is -0.125. The molecule has 0 atom stereocenters. The lowest BCUT2D eigenvalue weighted by Crippen LogP contribution is -2.50. The molecule has 2 amide bonds. The first-order chi connectivity index (χ1) is 16.6. The Morgan fingerprint density at radius 2 is 1.94 bits per heavy atom. The maximum atomic E-state index is 13.0. The fraction of sp³-hybridized carbons (Fsp3) is 0.360. The van der Waals surface area contributed by atoms with Crippen LogP contribution in [0.5, 0.6) is 0 Å². The van der Waals surface area contributed by atoms with Crippen molar-refractivity contribution in [2.75, 3.05) is 24.2 Å². The quantitative estimate of drug-likeness (QED) is 0.636. The minimum absolute atomic E-state index is 0.0451. The number of aryl methyl sites for hydroxylation is 2. The molecule has 0 aromatic heterocycles. The van der Waals surface area contributed by atoms with E-state index >= 15 is 0 Å². The van der Waals surface area contributed by atoms with E-state index in [1.807, 2.05) is 19.1 Å². The highest BCUT2D eigenvalue weighted by molar-refractivity contribution is 7.89. The number of sulfonamides is 1. The second-order valence-electron chi connectivity index (χ2n) is 8.89. The minimum atomic E-state index is -3.53. The van der Waals surface area contributed by atoms with Crippen molar-refractivity contribution in [3.05, 3.63) is 64.7 Å². The van der Waals surface area contributed by atoms with Gasteiger partial charge in [0.25, 0.3) is 5.91 Å². The van der Waals surface area contributed by atoms with Crippen molar-refractivity contribution in [2.24, 2.45) is 4.99 Å². The summed E-state index contributed by atoms with van der Waals surface area (Å²) in [5, 5.41) is 14.9. The van der Waals surface area contributed by atoms with Crippen LogP contribution in [-0.4, -0.2) is 54.8 Å². The summed E-state index contributed by atoms with van der Waals surface area (Å²) in [5.74, 6) is -0.102. The molecule has 1 fully saturated rings. The predicted octanol–water partition coefficient (Wildman–Crippen LogP) is 2.11. The number of carbonyl (C=O) groups is 2. The maximum Gasteiger partial charge on any atom is 0.253 e. The SMILES string of the molecule is CC(=O)Nc1ccc(CCS(=O)(=O)N2CCC3(CC2)N=C(c2ccccc2C#N)NC3=O)c(C)c1. The smallest absolute Gasteiger partial charge is 0.253 e. The summed E-state index contributed by atoms with van der Waals surface area (Å²) < 4.78 is 27.5. The molecule has 2 aromatic carbocycles. The van der Waals surface area contributed by atoms with Gasteiger partial charge in [-0.2, -0.15) is 5.26 Å². The zero-order valence-corrected chi connectivity index (χ0v) is 20.5. The number of hydrogen-bond donors (Lipinski definition) is 2. The lowest BCUT2D eigenvalue weighted by Gasteiger charge is -2.34. The van der Waals surface area contributed by atoms with Crippen LogP contribution in [0.4, 0.5) is 5.69 Å². The Morgan fingerprint density at radius 1 is 1.23 bits per heavy atom. The van der Waals surface area contributed by atoms with Crippen molar-refractivity contribution in [1.82, 2.24) is 9.62 Å². The number of anilines is 1. The molecule has 2 heterocycles. The Labute approximate surface area is 204 Å². The number of benzene rings is 2. The van der Waals surface area contributed by atoms with Crippen molar-refractivity contribution in [3.63, 3.8) is 0 Å². The lowest BCUT2D eigenvalue weighted by atomic mass is 9.89. The van der Waals surface area contributed by atoms with E-state index in [4.69, 9.17) is 0 Å². The molecule has 35 heavy (non-hydrogen) atoms. The van der Waals surface area contributed by atoms with E-state index in [9.17, 15) is 23.3 Å². The number of piperidine rings is 1. The van der Waals surface area contributed by atoms with Crippen molar-refractivity contribution in [2.45, 2.75) is 38.6 Å². The summed E-state index contributed by atoms with van der Waals surface area (Å²) in [4.78, 5) is 28.7. The van der Waals surface area contributed by atoms with Gasteiger partial charge in [-0.05, 0) is 61.6 Å². The molecule has 0 radical (unpaired) electrons. The van der Waals surface area contributed by atoms with E-state index < -0.39 is 15.6 Å². The zero-order valence-electron chi connectivity index (χ0n) is 19.7. The molecule has 182 valence electrons. The molecule has 2 N–H and O–H groups in total. The summed E-state index contributed by atoms with van der Waals surface area (Å²) in [7, 11) is -3.53. The first-order valence-corrected chi connectivity index (χ1v) is 13.0. The average molecular weight is 494 g/mol. The van der Waals surface area contributed by atoms with Crippen LogP contribution < -0.4 is 10.6 Å². The predicted molar refractivity (Wildman–Crippen MR) is 132 cm³/mol. The maximum absolute atomic E-state index is 13.0. The van der Waals surface area contributed by atoms with Crippen LogP contribution >= 0.6 is 0 Å². The van der Waals surface area contributed by atoms with Crippen LogP contribution in [0.2, 0.25) is 0 Å². The third-order valence-electron chi connectivity index (χ3n) is 6.52. The van der Waals surface area contributed by atoms with E-state index in [2.05, 4.69) is 21.7 Å². The summed E-state index contributed by atoms with van der Waals surface area (Å²) >= 11 is 0. The number of amides is 2. The second-order valence-corrected chi connectivity index (χ2v) is 11.0. The third-order valence-corrected chi connectivity index (χ3v) is 8.39. The zero-order chi connectivity index (χ0) is 25.2. The fourth-order valence-electron chi connectivity index (χ4n) is 4.53. The largest absolute Gasteiger partial charge is 0.326 e. The van der Waals surface area contributed by atoms with Gasteiger partial charge in [-0.3, -0.25) is 14.6 Å². The van der Waals surface area contributed by atoms with E-state index in [1.165, 1.54) is 11.2 Å². The molecule has 0 saturated carbocycles. The van der Waals surface area contributed by atoms with Gasteiger partial charge in [-0.25, -0.2) is 12.7 Å². The van der Waals surface area contributed by atoms with Gasteiger partial charge in [-0.15, -0.1) is 0 Å². The Morgan fingerprint density at radius 3 is 2.60 bits per heavy atom. The highest BCUT2D eigenvalue weighted by Gasteiger charge is 2.47. The van der Waals surface area contributed by atoms with Crippen molar-refractivity contribution in [3.8, 4) is 6.07 Å². The number of nitrogens with one attached hydrogen (secondary N) is 2. The number of nitriles is 1. The van der Waals surface area contributed by atoms with Gasteiger partial charge in [-0.1, -0.05) is 18.2 Å². The first-order valence-electron chi connectivity index (χ1n) is 11.4. The summed E-state index contributed by atoms with van der Waals surface area (Å²) in [5.41, 5.74) is 2.46. The molecule has 10 heteroatoms. The molecule has 1 spiro atoms. The molecule has 2 aliphatic rings. The van der Waals surface area contributed by atoms with E-state index in [0.29, 0.717) is 29.1 Å². The normalized spacial score (nSPS) is 17.5. The van der Waals surface area contributed by atoms with Crippen molar-refractivity contribution >= 4 is 33.4 Å². The average Bonchev–Trinajstić information content (AvgIpc) is 3.13. The van der Waals surface area contributed by atoms with Gasteiger partial charge >= 0.3 is 0 Å². The van der Waals surface area contributed by atoms with Crippen LogP contribution in [-0.2, 0) is 26.0 Å². The van der Waals surface area contributed by atoms with Gasteiger partial charge in [0.15, 0.2) is 0 Å². The van der Waals surface area contributed by atoms with Crippen LogP contribution in [0.1, 0.15) is 42.0 Å². The van der Waals surface area contributed by atoms with Crippen LogP contribution in [0.25, 0.3) is 0 Å². The number of aliphatic imine (C=N–C) groups is 1. The molecule has 1 saturated heterocycles. The monoisotopic (exact) mass is 493 g/mol. The summed E-state index contributed by atoms with van der Waals surface area (Å²) in [6.45, 7) is 3.72. The van der Waals surface area contributed by atoms with Crippen LogP contribution in [0, 0.1) is 18.3 Å². The molecular weight excluding hydrogens is 466 g/mol. The fourth-order valence-corrected chi connectivity index (χ4v) is 6.00. The molecule has 4 rings (SSSR count). The van der Waals surface area contributed by atoms with Gasteiger partial charge < -0.3 is 10.6 Å². The molecular formula is C25H27N5O4S. The second kappa shape index (κ2) is 9.60.